The highest BCUT2D eigenvalue weighted by Gasteiger charge is 2.29. The van der Waals surface area contributed by atoms with Crippen LogP contribution in [0, 0.1) is 10.1 Å². The molecule has 2 aromatic rings. The first-order chi connectivity index (χ1) is 11.2. The highest BCUT2D eigenvalue weighted by Crippen LogP contribution is 2.33. The van der Waals surface area contributed by atoms with E-state index in [9.17, 15) is 10.1 Å². The van der Waals surface area contributed by atoms with Crippen molar-refractivity contribution >= 4 is 5.69 Å². The largest absolute Gasteiger partial charge is 0.497 e. The summed E-state index contributed by atoms with van der Waals surface area (Å²) in [6.07, 6.45) is -0.121. The number of non-ortho nitro benzene ring substituents is 1. The van der Waals surface area contributed by atoms with Gasteiger partial charge in [0.05, 0.1) is 24.7 Å². The van der Waals surface area contributed by atoms with E-state index in [0.717, 1.165) is 16.9 Å². The van der Waals surface area contributed by atoms with Crippen LogP contribution in [0.4, 0.5) is 5.69 Å². The summed E-state index contributed by atoms with van der Waals surface area (Å²) in [5, 5.41) is 10.8. The van der Waals surface area contributed by atoms with E-state index in [-0.39, 0.29) is 24.5 Å². The average molecular weight is 315 g/mol. The summed E-state index contributed by atoms with van der Waals surface area (Å²) < 4.78 is 16.2. The van der Waals surface area contributed by atoms with Gasteiger partial charge in [0.1, 0.15) is 12.5 Å². The molecule has 0 bridgehead atoms. The number of benzene rings is 2. The Hall–Kier alpha value is -2.44. The third-order valence-electron chi connectivity index (χ3n) is 3.96. The molecule has 1 saturated heterocycles. The van der Waals surface area contributed by atoms with Crippen LogP contribution in [0.1, 0.15) is 17.0 Å². The Labute approximate surface area is 133 Å². The van der Waals surface area contributed by atoms with Crippen LogP contribution in [-0.4, -0.2) is 31.5 Å². The van der Waals surface area contributed by atoms with Gasteiger partial charge in [-0.15, -0.1) is 0 Å². The maximum atomic E-state index is 10.8. The summed E-state index contributed by atoms with van der Waals surface area (Å²) in [6.45, 7) is 0.762. The van der Waals surface area contributed by atoms with Crippen LogP contribution in [0.3, 0.4) is 0 Å². The highest BCUT2D eigenvalue weighted by molar-refractivity contribution is 5.41. The molecule has 1 aliphatic heterocycles. The molecule has 23 heavy (non-hydrogen) atoms. The van der Waals surface area contributed by atoms with E-state index in [2.05, 4.69) is 0 Å². The number of nitro groups is 1. The predicted octanol–water partition coefficient (Wildman–Crippen LogP) is 3.11. The maximum Gasteiger partial charge on any atom is 0.269 e. The van der Waals surface area contributed by atoms with Crippen LogP contribution in [-0.2, 0) is 9.47 Å². The van der Waals surface area contributed by atoms with Gasteiger partial charge in [-0.3, -0.25) is 10.1 Å². The third-order valence-corrected chi connectivity index (χ3v) is 3.96. The molecule has 2 atom stereocenters. The summed E-state index contributed by atoms with van der Waals surface area (Å²) in [6, 6.07) is 14.3. The molecule has 0 N–H and O–H groups in total. The molecule has 6 heteroatoms. The Morgan fingerprint density at radius 1 is 1.13 bits per heavy atom. The smallest absolute Gasteiger partial charge is 0.269 e. The number of nitro benzene ring substituents is 1. The molecule has 2 aromatic carbocycles. The van der Waals surface area contributed by atoms with Crippen molar-refractivity contribution < 1.29 is 19.1 Å². The zero-order chi connectivity index (χ0) is 16.2. The number of rotatable bonds is 5. The minimum Gasteiger partial charge on any atom is -0.497 e. The van der Waals surface area contributed by atoms with E-state index in [0.29, 0.717) is 6.61 Å². The first kappa shape index (κ1) is 15.5. The second-order valence-electron chi connectivity index (χ2n) is 5.29. The lowest BCUT2D eigenvalue weighted by atomic mass is 9.86. The first-order valence-corrected chi connectivity index (χ1v) is 7.26. The Bertz CT molecular complexity index is 662. The van der Waals surface area contributed by atoms with Crippen LogP contribution in [0.5, 0.6) is 5.75 Å². The van der Waals surface area contributed by atoms with E-state index in [4.69, 9.17) is 14.2 Å². The molecular weight excluding hydrogens is 298 g/mol. The van der Waals surface area contributed by atoms with E-state index in [1.165, 1.54) is 12.1 Å². The standard InChI is InChI=1S/C17H17NO5/c1-21-15-8-4-13(5-9-15)17(16-10-22-11-23-16)12-2-6-14(7-3-12)18(19)20/h2-9,16-17H,10-11H2,1H3/t16-,17-/m0/s1. The normalized spacial score (nSPS) is 18.6. The van der Waals surface area contributed by atoms with Gasteiger partial charge in [0.2, 0.25) is 0 Å². The lowest BCUT2D eigenvalue weighted by Crippen LogP contribution is -2.22. The van der Waals surface area contributed by atoms with Gasteiger partial charge in [-0.25, -0.2) is 0 Å². The van der Waals surface area contributed by atoms with Crippen molar-refractivity contribution in [2.75, 3.05) is 20.5 Å². The molecule has 0 aliphatic carbocycles. The molecule has 0 radical (unpaired) electrons. The molecule has 1 fully saturated rings. The molecule has 120 valence electrons. The van der Waals surface area contributed by atoms with Gasteiger partial charge < -0.3 is 14.2 Å². The summed E-state index contributed by atoms with van der Waals surface area (Å²) in [7, 11) is 1.62. The minimum atomic E-state index is -0.401. The van der Waals surface area contributed by atoms with Gasteiger partial charge in [-0.05, 0) is 23.3 Å². The molecule has 3 rings (SSSR count). The van der Waals surface area contributed by atoms with Crippen molar-refractivity contribution in [2.45, 2.75) is 12.0 Å². The second-order valence-corrected chi connectivity index (χ2v) is 5.29. The quantitative estimate of drug-likeness (QED) is 0.626. The fraction of sp³-hybridized carbons (Fsp3) is 0.294. The number of methoxy groups -OCH3 is 1. The lowest BCUT2D eigenvalue weighted by molar-refractivity contribution is -0.384. The monoisotopic (exact) mass is 315 g/mol. The topological polar surface area (TPSA) is 70.8 Å². The van der Waals surface area contributed by atoms with Crippen LogP contribution in [0.2, 0.25) is 0 Å². The van der Waals surface area contributed by atoms with Gasteiger partial charge in [0, 0.05) is 18.1 Å². The van der Waals surface area contributed by atoms with Crippen molar-refractivity contribution in [3.05, 3.63) is 69.8 Å². The van der Waals surface area contributed by atoms with Crippen molar-refractivity contribution in [3.63, 3.8) is 0 Å². The van der Waals surface area contributed by atoms with Gasteiger partial charge in [-0.2, -0.15) is 0 Å². The Morgan fingerprint density at radius 2 is 1.74 bits per heavy atom. The van der Waals surface area contributed by atoms with Crippen LogP contribution in [0.15, 0.2) is 48.5 Å². The third kappa shape index (κ3) is 3.33. The predicted molar refractivity (Wildman–Crippen MR) is 83.6 cm³/mol. The summed E-state index contributed by atoms with van der Waals surface area (Å²) in [4.78, 5) is 10.4. The fourth-order valence-corrected chi connectivity index (χ4v) is 2.78. The number of nitrogens with zero attached hydrogens (tertiary/aromatic N) is 1. The van der Waals surface area contributed by atoms with E-state index in [1.54, 1.807) is 19.2 Å². The maximum absolute atomic E-state index is 10.8. The molecule has 6 nitrogen and oxygen atoms in total. The Morgan fingerprint density at radius 3 is 2.22 bits per heavy atom. The molecule has 1 heterocycles. The van der Waals surface area contributed by atoms with Crippen molar-refractivity contribution in [1.82, 2.24) is 0 Å². The van der Waals surface area contributed by atoms with Crippen LogP contribution < -0.4 is 4.74 Å². The van der Waals surface area contributed by atoms with Crippen molar-refractivity contribution in [1.29, 1.82) is 0 Å². The van der Waals surface area contributed by atoms with Gasteiger partial charge in [0.25, 0.3) is 5.69 Å². The van der Waals surface area contributed by atoms with Gasteiger partial charge in [-0.1, -0.05) is 24.3 Å². The number of hydrogen-bond donors (Lipinski definition) is 0. The van der Waals surface area contributed by atoms with Crippen LogP contribution in [0.25, 0.3) is 0 Å². The first-order valence-electron chi connectivity index (χ1n) is 7.26. The molecule has 1 aliphatic rings. The molecule has 0 spiro atoms. The Kier molecular flexibility index (Phi) is 4.55. The lowest BCUT2D eigenvalue weighted by Gasteiger charge is -2.23. The average Bonchev–Trinajstić information content (AvgIpc) is 3.10. The zero-order valence-corrected chi connectivity index (χ0v) is 12.7. The number of hydrogen-bond acceptors (Lipinski definition) is 5. The highest BCUT2D eigenvalue weighted by atomic mass is 16.7. The van der Waals surface area contributed by atoms with Crippen molar-refractivity contribution in [2.24, 2.45) is 0 Å². The van der Waals surface area contributed by atoms with Crippen molar-refractivity contribution in [3.8, 4) is 5.75 Å². The van der Waals surface area contributed by atoms with E-state index in [1.807, 2.05) is 24.3 Å². The van der Waals surface area contributed by atoms with E-state index >= 15 is 0 Å². The summed E-state index contributed by atoms with van der Waals surface area (Å²) in [5.74, 6) is 0.726. The molecule has 0 saturated carbocycles. The molecule has 0 unspecified atom stereocenters. The Balaban J connectivity index is 1.95. The van der Waals surface area contributed by atoms with Crippen LogP contribution >= 0.6 is 0 Å². The summed E-state index contributed by atoms with van der Waals surface area (Å²) in [5.41, 5.74) is 2.08. The van der Waals surface area contributed by atoms with Gasteiger partial charge >= 0.3 is 0 Å². The molecule has 0 amide bonds. The minimum absolute atomic E-state index is 0.0517. The second kappa shape index (κ2) is 6.76. The van der Waals surface area contributed by atoms with Gasteiger partial charge in [0.15, 0.2) is 0 Å². The molecular formula is C17H17NO5. The fourth-order valence-electron chi connectivity index (χ4n) is 2.78. The number of ether oxygens (including phenoxy) is 3. The molecule has 0 aromatic heterocycles. The van der Waals surface area contributed by atoms with E-state index < -0.39 is 4.92 Å². The SMILES string of the molecule is COc1ccc([C@H](c2ccc([N+](=O)[O-])cc2)[C@@H]2COCO2)cc1. The summed E-state index contributed by atoms with van der Waals surface area (Å²) >= 11 is 0. The zero-order valence-electron chi connectivity index (χ0n) is 12.7.